The van der Waals surface area contributed by atoms with Gasteiger partial charge in [0.25, 0.3) is 0 Å². The quantitative estimate of drug-likeness (QED) is 0.420. The zero-order valence-electron chi connectivity index (χ0n) is 13.3. The fraction of sp³-hybridized carbons (Fsp3) is 1.00. The van der Waals surface area contributed by atoms with Crippen LogP contribution in [0.5, 0.6) is 0 Å². The predicted octanol–water partition coefficient (Wildman–Crippen LogP) is 6.30. The third kappa shape index (κ3) is 7.84. The van der Waals surface area contributed by atoms with Crippen LogP contribution in [0, 0.1) is 23.7 Å². The van der Waals surface area contributed by atoms with Gasteiger partial charge in [-0.05, 0) is 30.1 Å². The Bertz CT molecular complexity index is 155. The smallest absolute Gasteiger partial charge is 0.0394 e. The Balaban J connectivity index is 4.12. The van der Waals surface area contributed by atoms with Crippen LogP contribution >= 0.6 is 0 Å². The van der Waals surface area contributed by atoms with Gasteiger partial charge in [0.2, 0.25) is 0 Å². The predicted molar refractivity (Wildman–Crippen MR) is 80.3 cm³/mol. The maximum absolute atomic E-state index is 2.48. The summed E-state index contributed by atoms with van der Waals surface area (Å²) in [6, 6.07) is 0. The second-order valence-electron chi connectivity index (χ2n) is 6.42. The Hall–Kier alpha value is 0. The lowest BCUT2D eigenvalue weighted by Crippen LogP contribution is -2.15. The van der Waals surface area contributed by atoms with Gasteiger partial charge in [0.05, 0.1) is 0 Å². The van der Waals surface area contributed by atoms with Crippen molar-refractivity contribution in [3.8, 4) is 0 Å². The molecule has 0 nitrogen and oxygen atoms in total. The second-order valence-corrected chi connectivity index (χ2v) is 6.42. The van der Waals surface area contributed by atoms with E-state index in [0.29, 0.717) is 0 Å². The zero-order chi connectivity index (χ0) is 13.3. The van der Waals surface area contributed by atoms with Crippen LogP contribution in [-0.2, 0) is 0 Å². The molecule has 0 aliphatic rings. The van der Waals surface area contributed by atoms with Gasteiger partial charge in [-0.2, -0.15) is 0 Å². The molecule has 0 bridgehead atoms. The minimum atomic E-state index is 0.873. The van der Waals surface area contributed by atoms with Crippen molar-refractivity contribution in [2.24, 2.45) is 23.7 Å². The summed E-state index contributed by atoms with van der Waals surface area (Å²) >= 11 is 0. The summed E-state index contributed by atoms with van der Waals surface area (Å²) in [5.74, 6) is 3.73. The molecule has 0 aromatic heterocycles. The Morgan fingerprint density at radius 3 is 1.76 bits per heavy atom. The molecule has 0 heteroatoms. The molecular formula is C17H36. The Labute approximate surface area is 111 Å². The van der Waals surface area contributed by atoms with Gasteiger partial charge in [-0.25, -0.2) is 0 Å². The summed E-state index contributed by atoms with van der Waals surface area (Å²) in [6.45, 7) is 14.2. The molecule has 2 atom stereocenters. The van der Waals surface area contributed by atoms with Crippen molar-refractivity contribution in [2.45, 2.75) is 86.5 Å². The van der Waals surface area contributed by atoms with Crippen molar-refractivity contribution in [2.75, 3.05) is 0 Å². The van der Waals surface area contributed by atoms with Gasteiger partial charge in [0.15, 0.2) is 0 Å². The molecule has 0 aromatic carbocycles. The van der Waals surface area contributed by atoms with E-state index >= 15 is 0 Å². The first-order valence-electron chi connectivity index (χ1n) is 8.04. The van der Waals surface area contributed by atoms with Crippen LogP contribution in [0.2, 0.25) is 0 Å². The normalized spacial score (nSPS) is 15.5. The molecule has 0 saturated heterocycles. The van der Waals surface area contributed by atoms with Crippen molar-refractivity contribution < 1.29 is 0 Å². The lowest BCUT2D eigenvalue weighted by molar-refractivity contribution is 0.248. The molecule has 0 spiro atoms. The first kappa shape index (κ1) is 17.0. The third-order valence-electron chi connectivity index (χ3n) is 4.41. The van der Waals surface area contributed by atoms with E-state index < -0.39 is 0 Å². The van der Waals surface area contributed by atoms with E-state index in [1.165, 1.54) is 44.9 Å². The molecule has 0 N–H and O–H groups in total. The lowest BCUT2D eigenvalue weighted by Gasteiger charge is -2.26. The van der Waals surface area contributed by atoms with E-state index in [9.17, 15) is 0 Å². The van der Waals surface area contributed by atoms with E-state index in [1.807, 2.05) is 0 Å². The fourth-order valence-electron chi connectivity index (χ4n) is 3.17. The molecule has 0 aliphatic carbocycles. The number of hydrogen-bond donors (Lipinski definition) is 0. The summed E-state index contributed by atoms with van der Waals surface area (Å²) in [5.41, 5.74) is 0. The largest absolute Gasteiger partial charge is 0.0654 e. The van der Waals surface area contributed by atoms with Gasteiger partial charge < -0.3 is 0 Å². The Morgan fingerprint density at radius 1 is 0.765 bits per heavy atom. The first-order chi connectivity index (χ1) is 8.04. The van der Waals surface area contributed by atoms with E-state index in [4.69, 9.17) is 0 Å². The average molecular weight is 240 g/mol. The van der Waals surface area contributed by atoms with Gasteiger partial charge in [0, 0.05) is 0 Å². The number of rotatable bonds is 10. The van der Waals surface area contributed by atoms with Crippen LogP contribution in [0.15, 0.2) is 0 Å². The molecular weight excluding hydrogens is 204 g/mol. The van der Waals surface area contributed by atoms with Gasteiger partial charge in [-0.1, -0.05) is 80.1 Å². The fourth-order valence-corrected chi connectivity index (χ4v) is 3.17. The van der Waals surface area contributed by atoms with Crippen LogP contribution in [0.4, 0.5) is 0 Å². The molecule has 104 valence electrons. The van der Waals surface area contributed by atoms with Crippen LogP contribution in [0.25, 0.3) is 0 Å². The van der Waals surface area contributed by atoms with Crippen LogP contribution in [0.3, 0.4) is 0 Å². The number of hydrogen-bond acceptors (Lipinski definition) is 0. The van der Waals surface area contributed by atoms with E-state index in [-0.39, 0.29) is 0 Å². The highest BCUT2D eigenvalue weighted by Gasteiger charge is 2.18. The highest BCUT2D eigenvalue weighted by atomic mass is 14.2. The summed E-state index contributed by atoms with van der Waals surface area (Å²) in [5, 5.41) is 0. The van der Waals surface area contributed by atoms with Crippen molar-refractivity contribution in [1.82, 2.24) is 0 Å². The maximum Gasteiger partial charge on any atom is -0.0394 e. The van der Waals surface area contributed by atoms with Crippen LogP contribution in [0.1, 0.15) is 86.5 Å². The van der Waals surface area contributed by atoms with Gasteiger partial charge in [-0.3, -0.25) is 0 Å². The molecule has 2 unspecified atom stereocenters. The van der Waals surface area contributed by atoms with Crippen molar-refractivity contribution in [1.29, 1.82) is 0 Å². The van der Waals surface area contributed by atoms with Gasteiger partial charge >= 0.3 is 0 Å². The van der Waals surface area contributed by atoms with Crippen molar-refractivity contribution in [3.63, 3.8) is 0 Å². The summed E-state index contributed by atoms with van der Waals surface area (Å²) < 4.78 is 0. The van der Waals surface area contributed by atoms with Crippen molar-refractivity contribution >= 4 is 0 Å². The topological polar surface area (TPSA) is 0 Å². The molecule has 0 aromatic rings. The van der Waals surface area contributed by atoms with E-state index in [1.54, 1.807) is 0 Å². The SMILES string of the molecule is CCCC(CCC(C)C)CC(C)C(CC)CC. The molecule has 0 amide bonds. The van der Waals surface area contributed by atoms with Crippen molar-refractivity contribution in [3.05, 3.63) is 0 Å². The zero-order valence-corrected chi connectivity index (χ0v) is 13.3. The minimum absolute atomic E-state index is 0.873. The molecule has 17 heavy (non-hydrogen) atoms. The Morgan fingerprint density at radius 2 is 1.35 bits per heavy atom. The second kappa shape index (κ2) is 9.97. The highest BCUT2D eigenvalue weighted by molar-refractivity contribution is 4.70. The standard InChI is InChI=1S/C17H36/c1-7-10-16(12-11-14(4)5)13-15(6)17(8-2)9-3/h14-17H,7-13H2,1-6H3. The molecule has 0 aliphatic heterocycles. The summed E-state index contributed by atoms with van der Waals surface area (Å²) in [6.07, 6.45) is 9.86. The monoisotopic (exact) mass is 240 g/mol. The molecule has 0 saturated carbocycles. The molecule has 0 fully saturated rings. The van der Waals surface area contributed by atoms with Gasteiger partial charge in [-0.15, -0.1) is 0 Å². The average Bonchev–Trinajstić information content (AvgIpc) is 2.27. The summed E-state index contributed by atoms with van der Waals surface area (Å²) in [7, 11) is 0. The maximum atomic E-state index is 2.48. The van der Waals surface area contributed by atoms with Gasteiger partial charge in [0.1, 0.15) is 0 Å². The molecule has 0 rings (SSSR count). The minimum Gasteiger partial charge on any atom is -0.0654 e. The highest BCUT2D eigenvalue weighted by Crippen LogP contribution is 2.30. The molecule has 0 radical (unpaired) electrons. The first-order valence-corrected chi connectivity index (χ1v) is 8.04. The Kier molecular flexibility index (Phi) is 9.97. The van der Waals surface area contributed by atoms with Crippen LogP contribution in [-0.4, -0.2) is 0 Å². The molecule has 0 heterocycles. The lowest BCUT2D eigenvalue weighted by atomic mass is 9.79. The van der Waals surface area contributed by atoms with E-state index in [2.05, 4.69) is 41.5 Å². The third-order valence-corrected chi connectivity index (χ3v) is 4.41. The summed E-state index contributed by atoms with van der Waals surface area (Å²) in [4.78, 5) is 0. The van der Waals surface area contributed by atoms with E-state index in [0.717, 1.165) is 23.7 Å². The van der Waals surface area contributed by atoms with Crippen LogP contribution < -0.4 is 0 Å².